The largest absolute Gasteiger partial charge is 0.379 e. The predicted octanol–water partition coefficient (Wildman–Crippen LogP) is 5.50. The maximum Gasteiger partial charge on any atom is 0.258 e. The highest BCUT2D eigenvalue weighted by Crippen LogP contribution is 2.26. The van der Waals surface area contributed by atoms with Gasteiger partial charge in [-0.3, -0.25) is 14.5 Å². The SMILES string of the molecule is CC(C)(CN1CCOCC1)c1ccc(C(=O)Nc2ccc(Cl)cc2C(=O)Nc2ccc(Cl)cn2)cc1. The molecule has 0 saturated carbocycles. The third kappa shape index (κ3) is 6.62. The van der Waals surface area contributed by atoms with Gasteiger partial charge in [0.15, 0.2) is 0 Å². The summed E-state index contributed by atoms with van der Waals surface area (Å²) < 4.78 is 5.45. The lowest BCUT2D eigenvalue weighted by atomic mass is 9.83. The second-order valence-corrected chi connectivity index (χ2v) is 10.2. The number of pyridine rings is 1. The van der Waals surface area contributed by atoms with Crippen LogP contribution in [0.2, 0.25) is 10.0 Å². The van der Waals surface area contributed by atoms with Gasteiger partial charge in [-0.25, -0.2) is 4.98 Å². The van der Waals surface area contributed by atoms with E-state index >= 15 is 0 Å². The van der Waals surface area contributed by atoms with Gasteiger partial charge in [-0.1, -0.05) is 49.2 Å². The minimum Gasteiger partial charge on any atom is -0.379 e. The normalized spacial score (nSPS) is 14.3. The molecule has 1 aliphatic heterocycles. The van der Waals surface area contributed by atoms with Crippen LogP contribution in [0.1, 0.15) is 40.1 Å². The average Bonchev–Trinajstić information content (AvgIpc) is 2.87. The van der Waals surface area contributed by atoms with Crippen LogP contribution in [0.25, 0.3) is 0 Å². The molecule has 0 radical (unpaired) electrons. The van der Waals surface area contributed by atoms with E-state index in [0.29, 0.717) is 27.1 Å². The lowest BCUT2D eigenvalue weighted by Gasteiger charge is -2.35. The van der Waals surface area contributed by atoms with Gasteiger partial charge in [0.05, 0.1) is 29.5 Å². The molecule has 3 aromatic rings. The highest BCUT2D eigenvalue weighted by molar-refractivity contribution is 6.31. The molecule has 36 heavy (non-hydrogen) atoms. The Morgan fingerprint density at radius 3 is 2.31 bits per heavy atom. The first-order valence-corrected chi connectivity index (χ1v) is 12.4. The highest BCUT2D eigenvalue weighted by atomic mass is 35.5. The molecule has 1 fully saturated rings. The Kier molecular flexibility index (Phi) is 8.26. The topological polar surface area (TPSA) is 83.6 Å². The van der Waals surface area contributed by atoms with E-state index in [1.807, 2.05) is 12.1 Å². The zero-order chi connectivity index (χ0) is 25.7. The molecule has 2 amide bonds. The van der Waals surface area contributed by atoms with Crippen LogP contribution >= 0.6 is 23.2 Å². The number of morpholine rings is 1. The molecule has 0 unspecified atom stereocenters. The molecule has 1 aromatic heterocycles. The lowest BCUT2D eigenvalue weighted by Crippen LogP contribution is -2.43. The van der Waals surface area contributed by atoms with Crippen LogP contribution in [0.5, 0.6) is 0 Å². The number of benzene rings is 2. The summed E-state index contributed by atoms with van der Waals surface area (Å²) in [6.45, 7) is 8.68. The van der Waals surface area contributed by atoms with E-state index in [1.54, 1.807) is 36.4 Å². The number of nitrogens with zero attached hydrogens (tertiary/aromatic N) is 2. The van der Waals surface area contributed by atoms with Crippen LogP contribution in [0.15, 0.2) is 60.8 Å². The van der Waals surface area contributed by atoms with Crippen LogP contribution in [-0.4, -0.2) is 54.5 Å². The van der Waals surface area contributed by atoms with Crippen molar-refractivity contribution in [2.45, 2.75) is 19.3 Å². The standard InChI is InChI=1S/C27H28Cl2N4O3/c1-27(2,17-33-11-13-36-14-12-33)19-5-3-18(4-6-19)25(34)31-23-9-7-20(28)15-22(23)26(35)32-24-10-8-21(29)16-30-24/h3-10,15-16H,11-14,17H2,1-2H3,(H,31,34)(H,30,32,35). The molecule has 4 rings (SSSR count). The summed E-state index contributed by atoms with van der Waals surface area (Å²) in [7, 11) is 0. The molecule has 1 aliphatic rings. The zero-order valence-electron chi connectivity index (χ0n) is 20.2. The van der Waals surface area contributed by atoms with Gasteiger partial charge in [-0.2, -0.15) is 0 Å². The summed E-state index contributed by atoms with van der Waals surface area (Å²) in [5.74, 6) is -0.451. The molecule has 2 N–H and O–H groups in total. The Morgan fingerprint density at radius 1 is 0.944 bits per heavy atom. The minimum atomic E-state index is -0.456. The average molecular weight is 527 g/mol. The fourth-order valence-electron chi connectivity index (χ4n) is 4.12. The van der Waals surface area contributed by atoms with Crippen molar-refractivity contribution in [3.05, 3.63) is 87.5 Å². The maximum absolute atomic E-state index is 13.0. The number of hydrogen-bond donors (Lipinski definition) is 2. The van der Waals surface area contributed by atoms with E-state index in [2.05, 4.69) is 34.4 Å². The van der Waals surface area contributed by atoms with Crippen molar-refractivity contribution in [2.75, 3.05) is 43.5 Å². The summed E-state index contributed by atoms with van der Waals surface area (Å²) in [5.41, 5.74) is 2.11. The van der Waals surface area contributed by atoms with Gasteiger partial charge in [0.25, 0.3) is 11.8 Å². The van der Waals surface area contributed by atoms with Crippen molar-refractivity contribution in [3.8, 4) is 0 Å². The van der Waals surface area contributed by atoms with E-state index in [9.17, 15) is 9.59 Å². The molecular formula is C27H28Cl2N4O3. The van der Waals surface area contributed by atoms with Crippen molar-refractivity contribution in [1.82, 2.24) is 9.88 Å². The van der Waals surface area contributed by atoms with E-state index < -0.39 is 5.91 Å². The van der Waals surface area contributed by atoms with E-state index in [0.717, 1.165) is 38.4 Å². The maximum atomic E-state index is 13.0. The van der Waals surface area contributed by atoms with Gasteiger partial charge in [0.1, 0.15) is 5.82 Å². The van der Waals surface area contributed by atoms with Crippen LogP contribution in [0.4, 0.5) is 11.5 Å². The number of halogens is 2. The smallest absolute Gasteiger partial charge is 0.258 e. The second-order valence-electron chi connectivity index (χ2n) is 9.31. The third-order valence-electron chi connectivity index (χ3n) is 6.09. The van der Waals surface area contributed by atoms with Gasteiger partial charge in [-0.15, -0.1) is 0 Å². The number of amides is 2. The Balaban J connectivity index is 1.46. The van der Waals surface area contributed by atoms with E-state index in [-0.39, 0.29) is 16.9 Å². The van der Waals surface area contributed by atoms with Crippen LogP contribution in [0, 0.1) is 0 Å². The molecule has 9 heteroatoms. The van der Waals surface area contributed by atoms with Crippen LogP contribution in [0.3, 0.4) is 0 Å². The molecule has 2 heterocycles. The Bertz CT molecular complexity index is 1220. The van der Waals surface area contributed by atoms with Gasteiger partial charge in [0, 0.05) is 41.8 Å². The first-order chi connectivity index (χ1) is 17.2. The molecule has 7 nitrogen and oxygen atoms in total. The van der Waals surface area contributed by atoms with Crippen molar-refractivity contribution in [2.24, 2.45) is 0 Å². The molecule has 0 spiro atoms. The molecule has 0 atom stereocenters. The monoisotopic (exact) mass is 526 g/mol. The first-order valence-electron chi connectivity index (χ1n) is 11.7. The number of aromatic nitrogens is 1. The number of carbonyl (C=O) groups is 2. The lowest BCUT2D eigenvalue weighted by molar-refractivity contribution is 0.0295. The van der Waals surface area contributed by atoms with Gasteiger partial charge < -0.3 is 15.4 Å². The van der Waals surface area contributed by atoms with E-state index in [4.69, 9.17) is 27.9 Å². The summed E-state index contributed by atoms with van der Waals surface area (Å²) in [4.78, 5) is 32.4. The van der Waals surface area contributed by atoms with Crippen molar-refractivity contribution in [1.29, 1.82) is 0 Å². The Hall–Kier alpha value is -2.97. The number of carbonyl (C=O) groups excluding carboxylic acids is 2. The number of anilines is 2. The number of hydrogen-bond acceptors (Lipinski definition) is 5. The van der Waals surface area contributed by atoms with Gasteiger partial charge in [-0.05, 0) is 48.0 Å². The summed E-state index contributed by atoms with van der Waals surface area (Å²) in [5, 5.41) is 6.35. The molecule has 0 bridgehead atoms. The van der Waals surface area contributed by atoms with Crippen molar-refractivity contribution < 1.29 is 14.3 Å². The quantitative estimate of drug-likeness (QED) is 0.424. The first kappa shape index (κ1) is 26.1. The molecule has 188 valence electrons. The van der Waals surface area contributed by atoms with Gasteiger partial charge >= 0.3 is 0 Å². The summed E-state index contributed by atoms with van der Waals surface area (Å²) >= 11 is 12.0. The molecular weight excluding hydrogens is 499 g/mol. The molecule has 1 saturated heterocycles. The molecule has 0 aliphatic carbocycles. The zero-order valence-corrected chi connectivity index (χ0v) is 21.7. The third-order valence-corrected chi connectivity index (χ3v) is 6.55. The minimum absolute atomic E-state index is 0.0799. The summed E-state index contributed by atoms with van der Waals surface area (Å²) in [6, 6.07) is 15.5. The Labute approximate surface area is 220 Å². The summed E-state index contributed by atoms with van der Waals surface area (Å²) in [6.07, 6.45) is 1.43. The van der Waals surface area contributed by atoms with E-state index in [1.165, 1.54) is 12.3 Å². The van der Waals surface area contributed by atoms with Crippen molar-refractivity contribution >= 4 is 46.5 Å². The number of rotatable bonds is 7. The highest BCUT2D eigenvalue weighted by Gasteiger charge is 2.25. The number of nitrogens with one attached hydrogen (secondary N) is 2. The Morgan fingerprint density at radius 2 is 1.64 bits per heavy atom. The second kappa shape index (κ2) is 11.4. The van der Waals surface area contributed by atoms with Gasteiger partial charge in [0.2, 0.25) is 0 Å². The van der Waals surface area contributed by atoms with Crippen LogP contribution in [-0.2, 0) is 10.2 Å². The van der Waals surface area contributed by atoms with Crippen LogP contribution < -0.4 is 10.6 Å². The predicted molar refractivity (Wildman–Crippen MR) is 143 cm³/mol. The van der Waals surface area contributed by atoms with Crippen molar-refractivity contribution in [3.63, 3.8) is 0 Å². The number of ether oxygens (including phenoxy) is 1. The molecule has 2 aromatic carbocycles. The fraction of sp³-hybridized carbons (Fsp3) is 0.296. The fourth-order valence-corrected chi connectivity index (χ4v) is 4.41.